The van der Waals surface area contributed by atoms with Crippen LogP contribution in [0.4, 0.5) is 4.79 Å². The van der Waals surface area contributed by atoms with E-state index in [1.165, 1.54) is 30.3 Å². The van der Waals surface area contributed by atoms with Crippen LogP contribution in [0.3, 0.4) is 0 Å². The number of amides is 3. The number of nitrogens with zero attached hydrogens (tertiary/aromatic N) is 1. The van der Waals surface area contributed by atoms with Crippen molar-refractivity contribution in [1.82, 2.24) is 15.5 Å². The molecule has 0 saturated carbocycles. The summed E-state index contributed by atoms with van der Waals surface area (Å²) in [5.74, 6) is -0.620. The molecule has 4 unspecified atom stereocenters. The van der Waals surface area contributed by atoms with Crippen LogP contribution in [-0.2, 0) is 14.8 Å². The number of urea groups is 1. The Kier molecular flexibility index (Phi) is 7.60. The molecule has 3 amide bonds. The van der Waals surface area contributed by atoms with E-state index in [0.717, 1.165) is 0 Å². The number of carbonyl (C=O) groups is 2. The normalized spacial score (nSPS) is 20.0. The number of hydrazone groups is 1. The van der Waals surface area contributed by atoms with E-state index in [1.54, 1.807) is 4.83 Å². The number of carbonyl (C=O) groups excluding carboxylic acids is 2. The number of benzene rings is 1. The quantitative estimate of drug-likeness (QED) is 0.0821. The van der Waals surface area contributed by atoms with Crippen molar-refractivity contribution in [3.8, 4) is 0 Å². The molecule has 1 aliphatic heterocycles. The summed E-state index contributed by atoms with van der Waals surface area (Å²) in [5, 5.41) is 54.3. The summed E-state index contributed by atoms with van der Waals surface area (Å²) in [4.78, 5) is 24.1. The van der Waals surface area contributed by atoms with Crippen molar-refractivity contribution in [3.63, 3.8) is 0 Å². The van der Waals surface area contributed by atoms with E-state index < -0.39 is 53.0 Å². The van der Waals surface area contributed by atoms with Crippen LogP contribution in [0.2, 0.25) is 0 Å². The Bertz CT molecular complexity index is 946. The zero-order valence-electron chi connectivity index (χ0n) is 15.2. The minimum absolute atomic E-state index is 0.000573. The number of aliphatic hydroxyl groups excluding tert-OH is 5. The predicted molar refractivity (Wildman–Crippen MR) is 101 cm³/mol. The topological polar surface area (TPSA) is 218 Å². The van der Waals surface area contributed by atoms with Crippen LogP contribution in [0, 0.1) is 0 Å². The molecule has 4 atom stereocenters. The molecule has 8 N–H and O–H groups in total. The third-order valence-electron chi connectivity index (χ3n) is 3.90. The highest BCUT2D eigenvalue weighted by molar-refractivity contribution is 7.89. The van der Waals surface area contributed by atoms with Gasteiger partial charge >= 0.3 is 6.03 Å². The van der Waals surface area contributed by atoms with Crippen LogP contribution in [0.5, 0.6) is 0 Å². The van der Waals surface area contributed by atoms with Crippen LogP contribution in [0.25, 0.3) is 6.08 Å². The fourth-order valence-corrected chi connectivity index (χ4v) is 3.05. The van der Waals surface area contributed by atoms with Gasteiger partial charge < -0.3 is 30.8 Å². The SMILES string of the molecule is O=C1NC(=O)/C(=C/c2ccc(S(=O)(=O)N/N=C/C(O)C(O)C(O)C(O)CO)cc2)N1. The lowest BCUT2D eigenvalue weighted by Crippen LogP contribution is -2.46. The van der Waals surface area contributed by atoms with E-state index in [0.29, 0.717) is 11.8 Å². The fourth-order valence-electron chi connectivity index (χ4n) is 2.25. The molecule has 14 heteroatoms. The van der Waals surface area contributed by atoms with Gasteiger partial charge in [0.15, 0.2) is 0 Å². The number of imide groups is 1. The smallest absolute Gasteiger partial charge is 0.326 e. The van der Waals surface area contributed by atoms with Crippen molar-refractivity contribution < 1.29 is 43.5 Å². The van der Waals surface area contributed by atoms with Gasteiger partial charge in [0.2, 0.25) is 0 Å². The average Bonchev–Trinajstić information content (AvgIpc) is 3.02. The first-order valence-electron chi connectivity index (χ1n) is 8.37. The van der Waals surface area contributed by atoms with Gasteiger partial charge in [-0.15, -0.1) is 0 Å². The molecule has 0 bridgehead atoms. The van der Waals surface area contributed by atoms with Crippen LogP contribution in [0.15, 0.2) is 40.0 Å². The summed E-state index contributed by atoms with van der Waals surface area (Å²) in [6, 6.07) is 4.47. The van der Waals surface area contributed by atoms with E-state index in [2.05, 4.69) is 10.4 Å². The zero-order chi connectivity index (χ0) is 22.5. The zero-order valence-corrected chi connectivity index (χ0v) is 16.0. The number of hydrogen-bond donors (Lipinski definition) is 8. The third-order valence-corrected chi connectivity index (χ3v) is 5.14. The van der Waals surface area contributed by atoms with Gasteiger partial charge in [-0.3, -0.25) is 10.1 Å². The average molecular weight is 444 g/mol. The number of nitrogens with one attached hydrogen (secondary N) is 3. The molecule has 13 nitrogen and oxygen atoms in total. The van der Waals surface area contributed by atoms with Crippen LogP contribution < -0.4 is 15.5 Å². The molecule has 0 radical (unpaired) electrons. The van der Waals surface area contributed by atoms with E-state index in [4.69, 9.17) is 5.11 Å². The maximum atomic E-state index is 12.2. The van der Waals surface area contributed by atoms with Gasteiger partial charge in [-0.1, -0.05) is 12.1 Å². The Balaban J connectivity index is 2.02. The number of aliphatic hydroxyl groups is 5. The minimum Gasteiger partial charge on any atom is -0.394 e. The van der Waals surface area contributed by atoms with Crippen molar-refractivity contribution in [1.29, 1.82) is 0 Å². The van der Waals surface area contributed by atoms with Gasteiger partial charge in [-0.25, -0.2) is 9.63 Å². The van der Waals surface area contributed by atoms with Gasteiger partial charge in [0.05, 0.1) is 17.7 Å². The summed E-state index contributed by atoms with van der Waals surface area (Å²) < 4.78 is 24.4. The Morgan fingerprint density at radius 3 is 2.20 bits per heavy atom. The van der Waals surface area contributed by atoms with E-state index in [-0.39, 0.29) is 10.6 Å². The lowest BCUT2D eigenvalue weighted by Gasteiger charge is -2.23. The van der Waals surface area contributed by atoms with Gasteiger partial charge in [-0.2, -0.15) is 13.5 Å². The first-order chi connectivity index (χ1) is 14.0. The summed E-state index contributed by atoms with van der Waals surface area (Å²) in [6.07, 6.45) is -5.44. The molecule has 0 spiro atoms. The Labute approximate surface area is 170 Å². The summed E-state index contributed by atoms with van der Waals surface area (Å²) in [7, 11) is -4.15. The molecule has 164 valence electrons. The molecular formula is C16H20N4O9S. The van der Waals surface area contributed by atoms with Gasteiger partial charge in [0.25, 0.3) is 15.9 Å². The number of sulfonamides is 1. The van der Waals surface area contributed by atoms with Crippen molar-refractivity contribution in [3.05, 3.63) is 35.5 Å². The highest BCUT2D eigenvalue weighted by Gasteiger charge is 2.29. The van der Waals surface area contributed by atoms with E-state index in [9.17, 15) is 38.4 Å². The summed E-state index contributed by atoms with van der Waals surface area (Å²) >= 11 is 0. The molecular weight excluding hydrogens is 424 g/mol. The van der Waals surface area contributed by atoms with Crippen molar-refractivity contribution in [2.75, 3.05) is 6.61 Å². The van der Waals surface area contributed by atoms with Crippen molar-refractivity contribution in [2.24, 2.45) is 5.10 Å². The fraction of sp³-hybridized carbons (Fsp3) is 0.312. The molecule has 1 fully saturated rings. The lowest BCUT2D eigenvalue weighted by molar-refractivity contribution is -0.115. The molecule has 1 aromatic rings. The first kappa shape index (κ1) is 23.4. The highest BCUT2D eigenvalue weighted by Crippen LogP contribution is 2.14. The molecule has 1 heterocycles. The van der Waals surface area contributed by atoms with E-state index >= 15 is 0 Å². The molecule has 1 aliphatic rings. The number of rotatable bonds is 9. The third kappa shape index (κ3) is 5.82. The molecule has 1 saturated heterocycles. The molecule has 0 aromatic heterocycles. The summed E-state index contributed by atoms with van der Waals surface area (Å²) in [6.45, 7) is -0.863. The maximum Gasteiger partial charge on any atom is 0.326 e. The Morgan fingerprint density at radius 2 is 1.67 bits per heavy atom. The van der Waals surface area contributed by atoms with Gasteiger partial charge in [-0.05, 0) is 23.8 Å². The second kappa shape index (κ2) is 9.75. The monoisotopic (exact) mass is 444 g/mol. The Morgan fingerprint density at radius 1 is 1.03 bits per heavy atom. The van der Waals surface area contributed by atoms with Crippen LogP contribution >= 0.6 is 0 Å². The second-order valence-corrected chi connectivity index (χ2v) is 7.79. The largest absolute Gasteiger partial charge is 0.394 e. The summed E-state index contributed by atoms with van der Waals surface area (Å²) in [5.41, 5.74) is 0.430. The number of hydrogen-bond acceptors (Lipinski definition) is 10. The minimum atomic E-state index is -4.15. The van der Waals surface area contributed by atoms with E-state index in [1.807, 2.05) is 5.32 Å². The van der Waals surface area contributed by atoms with Crippen LogP contribution in [0.1, 0.15) is 5.56 Å². The molecule has 2 rings (SSSR count). The lowest BCUT2D eigenvalue weighted by atomic mass is 10.0. The highest BCUT2D eigenvalue weighted by atomic mass is 32.2. The molecule has 30 heavy (non-hydrogen) atoms. The Hall–Kier alpha value is -2.88. The van der Waals surface area contributed by atoms with Gasteiger partial charge in [0.1, 0.15) is 30.1 Å². The predicted octanol–water partition coefficient (Wildman–Crippen LogP) is -3.43. The van der Waals surface area contributed by atoms with Gasteiger partial charge in [0, 0.05) is 0 Å². The van der Waals surface area contributed by atoms with Crippen molar-refractivity contribution in [2.45, 2.75) is 29.3 Å². The standard InChI is InChI=1S/C16H20N4O9S/c21-7-12(23)14(25)13(24)11(22)6-17-20-30(28,29)9-3-1-8(2-4-9)5-10-15(26)19-16(27)18-10/h1-6,11-14,20-25H,7H2,(H2,18,19,26,27)/b10-5-,17-6+. The molecule has 0 aliphatic carbocycles. The maximum absolute atomic E-state index is 12.2. The first-order valence-corrected chi connectivity index (χ1v) is 9.85. The van der Waals surface area contributed by atoms with Crippen molar-refractivity contribution >= 4 is 34.3 Å². The van der Waals surface area contributed by atoms with Crippen LogP contribution in [-0.4, -0.2) is 83.1 Å². The molecule has 1 aromatic carbocycles. The second-order valence-electron chi connectivity index (χ2n) is 6.13.